The predicted octanol–water partition coefficient (Wildman–Crippen LogP) is 3.32. The lowest BCUT2D eigenvalue weighted by Crippen LogP contribution is -2.42. The number of nitrogens with zero attached hydrogens (tertiary/aromatic N) is 3. The van der Waals surface area contributed by atoms with E-state index in [1.807, 2.05) is 30.1 Å². The van der Waals surface area contributed by atoms with Gasteiger partial charge in [0, 0.05) is 38.3 Å². The molecule has 2 aliphatic rings. The molecule has 2 aromatic rings. The number of hydrogen-bond donors (Lipinski definition) is 1. The van der Waals surface area contributed by atoms with Crippen molar-refractivity contribution in [1.29, 1.82) is 0 Å². The molecule has 1 N–H and O–H groups in total. The third kappa shape index (κ3) is 4.99. The van der Waals surface area contributed by atoms with Gasteiger partial charge in [-0.2, -0.15) is 5.10 Å². The van der Waals surface area contributed by atoms with Gasteiger partial charge in [-0.05, 0) is 62.3 Å². The van der Waals surface area contributed by atoms with E-state index in [0.29, 0.717) is 17.5 Å². The van der Waals surface area contributed by atoms with Gasteiger partial charge < -0.3 is 14.5 Å². The molecule has 6 nitrogen and oxygen atoms in total. The van der Waals surface area contributed by atoms with E-state index in [0.717, 1.165) is 44.0 Å². The van der Waals surface area contributed by atoms with Crippen LogP contribution < -0.4 is 4.74 Å². The number of para-hydroxylation sites is 1. The van der Waals surface area contributed by atoms with E-state index in [2.05, 4.69) is 27.2 Å². The van der Waals surface area contributed by atoms with Crippen molar-refractivity contribution in [2.45, 2.75) is 38.0 Å². The first-order valence-electron chi connectivity index (χ1n) is 10.8. The highest BCUT2D eigenvalue weighted by Crippen LogP contribution is 2.39. The molecule has 1 saturated carbocycles. The number of H-pyrrole nitrogens is 1. The first kappa shape index (κ1) is 20.0. The third-order valence-corrected chi connectivity index (χ3v) is 6.21. The molecule has 0 radical (unpaired) electrons. The summed E-state index contributed by atoms with van der Waals surface area (Å²) < 4.78 is 5.48. The van der Waals surface area contributed by atoms with E-state index in [4.69, 9.17) is 4.74 Å². The molecule has 1 unspecified atom stereocenters. The number of methoxy groups -OCH3 is 1. The summed E-state index contributed by atoms with van der Waals surface area (Å²) in [6.45, 7) is 3.99. The van der Waals surface area contributed by atoms with Gasteiger partial charge in [0.15, 0.2) is 0 Å². The maximum absolute atomic E-state index is 12.8. The Balaban J connectivity index is 1.28. The molecule has 1 aliphatic carbocycles. The zero-order chi connectivity index (χ0) is 20.2. The average Bonchev–Trinajstić information content (AvgIpc) is 3.49. The number of likely N-dealkylation sites (tertiary alicyclic amines) is 1. The molecule has 156 valence electrons. The smallest absolute Gasteiger partial charge is 0.274 e. The van der Waals surface area contributed by atoms with Crippen molar-refractivity contribution < 1.29 is 9.53 Å². The number of aromatic amines is 1. The molecule has 0 spiro atoms. The Morgan fingerprint density at radius 2 is 2.14 bits per heavy atom. The average molecular weight is 397 g/mol. The summed E-state index contributed by atoms with van der Waals surface area (Å²) in [6.07, 6.45) is 5.77. The normalized spacial score (nSPS) is 19.9. The van der Waals surface area contributed by atoms with Crippen LogP contribution >= 0.6 is 0 Å². The number of benzene rings is 1. The zero-order valence-corrected chi connectivity index (χ0v) is 17.6. The minimum Gasteiger partial charge on any atom is -0.496 e. The summed E-state index contributed by atoms with van der Waals surface area (Å²) in [5.41, 5.74) is 2.93. The van der Waals surface area contributed by atoms with E-state index in [9.17, 15) is 4.79 Å². The van der Waals surface area contributed by atoms with Crippen molar-refractivity contribution in [2.24, 2.45) is 5.92 Å². The van der Waals surface area contributed by atoms with E-state index in [-0.39, 0.29) is 5.91 Å². The van der Waals surface area contributed by atoms with Crippen molar-refractivity contribution in [2.75, 3.05) is 40.3 Å². The van der Waals surface area contributed by atoms with Gasteiger partial charge in [0.05, 0.1) is 7.11 Å². The number of hydrogen-bond acceptors (Lipinski definition) is 4. The maximum Gasteiger partial charge on any atom is 0.274 e. The molecule has 1 saturated heterocycles. The summed E-state index contributed by atoms with van der Waals surface area (Å²) in [5, 5.41) is 7.29. The zero-order valence-electron chi connectivity index (χ0n) is 17.6. The molecular weight excluding hydrogens is 364 g/mol. The Morgan fingerprint density at radius 3 is 2.93 bits per heavy atom. The lowest BCUT2D eigenvalue weighted by Gasteiger charge is -2.34. The summed E-state index contributed by atoms with van der Waals surface area (Å²) in [7, 11) is 3.64. The highest BCUT2D eigenvalue weighted by atomic mass is 16.5. The Morgan fingerprint density at radius 1 is 1.31 bits per heavy atom. The monoisotopic (exact) mass is 396 g/mol. The second kappa shape index (κ2) is 8.99. The minimum atomic E-state index is 0.0271. The number of piperidine rings is 1. The summed E-state index contributed by atoms with van der Waals surface area (Å²) >= 11 is 0. The van der Waals surface area contributed by atoms with Crippen molar-refractivity contribution in [1.82, 2.24) is 20.0 Å². The van der Waals surface area contributed by atoms with Crippen LogP contribution in [-0.4, -0.2) is 66.2 Å². The Labute approximate surface area is 173 Å². The van der Waals surface area contributed by atoms with Crippen LogP contribution in [0.5, 0.6) is 5.75 Å². The van der Waals surface area contributed by atoms with Crippen molar-refractivity contribution >= 4 is 5.91 Å². The van der Waals surface area contributed by atoms with Gasteiger partial charge in [-0.25, -0.2) is 0 Å². The maximum atomic E-state index is 12.8. The van der Waals surface area contributed by atoms with E-state index in [1.54, 1.807) is 7.11 Å². The van der Waals surface area contributed by atoms with Gasteiger partial charge in [-0.3, -0.25) is 9.89 Å². The molecule has 1 aliphatic heterocycles. The van der Waals surface area contributed by atoms with Gasteiger partial charge in [0.25, 0.3) is 5.91 Å². The van der Waals surface area contributed by atoms with Crippen LogP contribution in [0.1, 0.15) is 53.3 Å². The Bertz CT molecular complexity index is 830. The van der Waals surface area contributed by atoms with Crippen LogP contribution in [-0.2, 0) is 6.42 Å². The van der Waals surface area contributed by atoms with Crippen molar-refractivity contribution in [3.05, 3.63) is 47.3 Å². The molecule has 1 aromatic carbocycles. The first-order valence-corrected chi connectivity index (χ1v) is 10.8. The molecule has 0 bridgehead atoms. The van der Waals surface area contributed by atoms with Gasteiger partial charge in [0.1, 0.15) is 11.4 Å². The van der Waals surface area contributed by atoms with Gasteiger partial charge >= 0.3 is 0 Å². The summed E-state index contributed by atoms with van der Waals surface area (Å²) in [6, 6.07) is 10.2. The van der Waals surface area contributed by atoms with E-state index in [1.165, 1.54) is 31.2 Å². The molecular formula is C23H32N4O2. The number of nitrogens with one attached hydrogen (secondary N) is 1. The Kier molecular flexibility index (Phi) is 6.19. The molecule has 1 amide bonds. The second-order valence-corrected chi connectivity index (χ2v) is 8.54. The van der Waals surface area contributed by atoms with Crippen LogP contribution in [0.15, 0.2) is 30.3 Å². The predicted molar refractivity (Wildman–Crippen MR) is 113 cm³/mol. The number of carbonyl (C=O) groups excluding carboxylic acids is 1. The summed E-state index contributed by atoms with van der Waals surface area (Å²) in [4.78, 5) is 17.1. The van der Waals surface area contributed by atoms with Crippen molar-refractivity contribution in [3.8, 4) is 5.75 Å². The van der Waals surface area contributed by atoms with E-state index < -0.39 is 0 Å². The lowest BCUT2D eigenvalue weighted by molar-refractivity contribution is 0.0724. The molecule has 6 heteroatoms. The number of aromatic nitrogens is 2. The van der Waals surface area contributed by atoms with Crippen molar-refractivity contribution in [3.63, 3.8) is 0 Å². The van der Waals surface area contributed by atoms with Crippen LogP contribution in [0.4, 0.5) is 0 Å². The summed E-state index contributed by atoms with van der Waals surface area (Å²) in [5.74, 6) is 2.09. The highest BCUT2D eigenvalue weighted by molar-refractivity contribution is 5.92. The SMILES string of the molecule is COc1ccccc1CCN1CCCC(CN(C)C(=O)c2cc(C3CC3)[nH]n2)C1. The van der Waals surface area contributed by atoms with Crippen LogP contribution in [0, 0.1) is 5.92 Å². The van der Waals surface area contributed by atoms with Gasteiger partial charge in [0.2, 0.25) is 0 Å². The standard InChI is InChI=1S/C23H32N4O2/c1-26(23(28)21-14-20(24-25-21)18-9-10-18)15-17-6-5-12-27(16-17)13-11-19-7-3-4-8-22(19)29-2/h3-4,7-8,14,17-18H,5-6,9-13,15-16H2,1-2H3,(H,24,25). The number of rotatable bonds is 8. The number of carbonyl (C=O) groups is 1. The topological polar surface area (TPSA) is 61.5 Å². The molecule has 1 aromatic heterocycles. The fourth-order valence-electron chi connectivity index (χ4n) is 4.41. The fraction of sp³-hybridized carbons (Fsp3) is 0.565. The van der Waals surface area contributed by atoms with Crippen LogP contribution in [0.25, 0.3) is 0 Å². The molecule has 2 fully saturated rings. The van der Waals surface area contributed by atoms with Gasteiger partial charge in [-0.1, -0.05) is 18.2 Å². The third-order valence-electron chi connectivity index (χ3n) is 6.21. The first-order chi connectivity index (χ1) is 14.1. The number of ether oxygens (including phenoxy) is 1. The molecule has 4 rings (SSSR count). The fourth-order valence-corrected chi connectivity index (χ4v) is 4.41. The molecule has 2 heterocycles. The largest absolute Gasteiger partial charge is 0.496 e. The highest BCUT2D eigenvalue weighted by Gasteiger charge is 2.28. The molecule has 29 heavy (non-hydrogen) atoms. The second-order valence-electron chi connectivity index (χ2n) is 8.54. The van der Waals surface area contributed by atoms with Gasteiger partial charge in [-0.15, -0.1) is 0 Å². The minimum absolute atomic E-state index is 0.0271. The van der Waals surface area contributed by atoms with Crippen LogP contribution in [0.3, 0.4) is 0 Å². The van der Waals surface area contributed by atoms with E-state index >= 15 is 0 Å². The Hall–Kier alpha value is -2.34. The van der Waals surface area contributed by atoms with Crippen LogP contribution in [0.2, 0.25) is 0 Å². The molecule has 1 atom stereocenters. The lowest BCUT2D eigenvalue weighted by atomic mass is 9.97. The quantitative estimate of drug-likeness (QED) is 0.744. The number of amides is 1.